The Morgan fingerprint density at radius 3 is 2.24 bits per heavy atom. The zero-order valence-corrected chi connectivity index (χ0v) is 13.7. The Labute approximate surface area is 130 Å². The highest BCUT2D eigenvalue weighted by molar-refractivity contribution is 7.92. The van der Waals surface area contributed by atoms with E-state index < -0.39 is 10.0 Å². The van der Waals surface area contributed by atoms with Crippen LogP contribution in [-0.4, -0.2) is 13.5 Å². The van der Waals surface area contributed by atoms with Crippen LogP contribution in [0, 0.1) is 20.8 Å². The van der Waals surface area contributed by atoms with Crippen molar-refractivity contribution in [2.45, 2.75) is 30.6 Å². The van der Waals surface area contributed by atoms with Gasteiger partial charge in [0.1, 0.15) is 10.6 Å². The van der Waals surface area contributed by atoms with E-state index in [1.54, 1.807) is 13.0 Å². The number of hydrogen-bond acceptors (Lipinski definition) is 4. The molecule has 0 aromatic heterocycles. The van der Waals surface area contributed by atoms with E-state index in [1.807, 2.05) is 32.0 Å². The largest absolute Gasteiger partial charge is 0.505 e. The van der Waals surface area contributed by atoms with Crippen LogP contribution in [0.2, 0.25) is 0 Å². The van der Waals surface area contributed by atoms with Crippen LogP contribution in [-0.2, 0) is 10.0 Å². The summed E-state index contributed by atoms with van der Waals surface area (Å²) in [5, 5.41) is 9.98. The van der Waals surface area contributed by atoms with Crippen LogP contribution >= 0.6 is 12.6 Å². The molecule has 0 saturated heterocycles. The van der Waals surface area contributed by atoms with Gasteiger partial charge in [0.15, 0.2) is 0 Å². The fourth-order valence-electron chi connectivity index (χ4n) is 2.10. The van der Waals surface area contributed by atoms with Crippen LogP contribution in [0.3, 0.4) is 0 Å². The minimum atomic E-state index is -3.88. The molecule has 6 heteroatoms. The Kier molecular flexibility index (Phi) is 4.20. The van der Waals surface area contributed by atoms with Crippen LogP contribution in [0.4, 0.5) is 5.69 Å². The number of aromatic hydroxyl groups is 1. The number of para-hydroxylation sites is 1. The quantitative estimate of drug-likeness (QED) is 0.758. The molecule has 0 bridgehead atoms. The summed E-state index contributed by atoms with van der Waals surface area (Å²) in [6, 6.07) is 8.54. The SMILES string of the molecule is Cc1cc(S)c(O)c(S(=O)(=O)Nc2c(C)cccc2C)c1. The fourth-order valence-corrected chi connectivity index (χ4v) is 3.90. The predicted octanol–water partition coefficient (Wildman–Crippen LogP) is 3.41. The van der Waals surface area contributed by atoms with Gasteiger partial charge in [0.05, 0.1) is 5.69 Å². The second-order valence-electron chi connectivity index (χ2n) is 5.00. The number of rotatable bonds is 3. The van der Waals surface area contributed by atoms with E-state index in [0.717, 1.165) is 11.1 Å². The van der Waals surface area contributed by atoms with E-state index in [1.165, 1.54) is 6.07 Å². The Balaban J connectivity index is 2.54. The lowest BCUT2D eigenvalue weighted by molar-refractivity contribution is 0.446. The first-order valence-electron chi connectivity index (χ1n) is 6.34. The zero-order chi connectivity index (χ0) is 15.8. The second kappa shape index (κ2) is 5.61. The zero-order valence-electron chi connectivity index (χ0n) is 12.0. The third kappa shape index (κ3) is 3.16. The normalized spacial score (nSPS) is 11.4. The monoisotopic (exact) mass is 323 g/mol. The number of phenolic OH excluding ortho intramolecular Hbond substituents is 1. The van der Waals surface area contributed by atoms with Crippen molar-refractivity contribution in [3.63, 3.8) is 0 Å². The molecule has 0 unspecified atom stereocenters. The van der Waals surface area contributed by atoms with Gasteiger partial charge in [0.25, 0.3) is 10.0 Å². The Morgan fingerprint density at radius 2 is 1.67 bits per heavy atom. The van der Waals surface area contributed by atoms with Crippen molar-refractivity contribution in [1.29, 1.82) is 0 Å². The first-order chi connectivity index (χ1) is 9.72. The first-order valence-corrected chi connectivity index (χ1v) is 8.27. The number of anilines is 1. The van der Waals surface area contributed by atoms with Gasteiger partial charge in [-0.1, -0.05) is 18.2 Å². The highest BCUT2D eigenvalue weighted by Gasteiger charge is 2.22. The lowest BCUT2D eigenvalue weighted by Crippen LogP contribution is -2.15. The summed E-state index contributed by atoms with van der Waals surface area (Å²) in [4.78, 5) is 0.0621. The molecule has 0 aliphatic heterocycles. The number of phenols is 1. The minimum Gasteiger partial charge on any atom is -0.505 e. The maximum Gasteiger partial charge on any atom is 0.265 e. The third-order valence-electron chi connectivity index (χ3n) is 3.21. The average molecular weight is 323 g/mol. The summed E-state index contributed by atoms with van der Waals surface area (Å²) in [7, 11) is -3.88. The topological polar surface area (TPSA) is 66.4 Å². The maximum absolute atomic E-state index is 12.5. The molecular formula is C15H17NO3S2. The van der Waals surface area contributed by atoms with Crippen molar-refractivity contribution < 1.29 is 13.5 Å². The van der Waals surface area contributed by atoms with E-state index in [9.17, 15) is 13.5 Å². The lowest BCUT2D eigenvalue weighted by atomic mass is 10.1. The van der Waals surface area contributed by atoms with Gasteiger partial charge in [-0.3, -0.25) is 4.72 Å². The van der Waals surface area contributed by atoms with Gasteiger partial charge in [-0.15, -0.1) is 12.6 Å². The molecule has 21 heavy (non-hydrogen) atoms. The van der Waals surface area contributed by atoms with Crippen molar-refractivity contribution in [3.8, 4) is 5.75 Å². The minimum absolute atomic E-state index is 0.171. The Hall–Kier alpha value is -1.66. The van der Waals surface area contributed by atoms with E-state index in [-0.39, 0.29) is 15.5 Å². The van der Waals surface area contributed by atoms with Crippen LogP contribution in [0.5, 0.6) is 5.75 Å². The van der Waals surface area contributed by atoms with E-state index >= 15 is 0 Å². The highest BCUT2D eigenvalue weighted by atomic mass is 32.2. The van der Waals surface area contributed by atoms with Gasteiger partial charge in [0.2, 0.25) is 0 Å². The number of aryl methyl sites for hydroxylation is 3. The van der Waals surface area contributed by atoms with Gasteiger partial charge in [-0.05, 0) is 49.6 Å². The fraction of sp³-hybridized carbons (Fsp3) is 0.200. The van der Waals surface area contributed by atoms with Crippen LogP contribution in [0.25, 0.3) is 0 Å². The molecule has 2 aromatic rings. The molecule has 0 aliphatic rings. The van der Waals surface area contributed by atoms with Crippen LogP contribution in [0.1, 0.15) is 16.7 Å². The molecule has 0 atom stereocenters. The molecule has 0 spiro atoms. The van der Waals surface area contributed by atoms with Crippen LogP contribution < -0.4 is 4.72 Å². The first kappa shape index (κ1) is 15.7. The van der Waals surface area contributed by atoms with Gasteiger partial charge < -0.3 is 5.11 Å². The molecule has 2 rings (SSSR count). The molecule has 4 nitrogen and oxygen atoms in total. The van der Waals surface area contributed by atoms with Crippen molar-refractivity contribution >= 4 is 28.3 Å². The van der Waals surface area contributed by atoms with Crippen molar-refractivity contribution in [1.82, 2.24) is 0 Å². The Bertz CT molecular complexity index is 779. The standard InChI is InChI=1S/C15H17NO3S2/c1-9-7-12(20)15(17)13(8-9)21(18,19)16-14-10(2)5-4-6-11(14)3/h4-8,16-17,20H,1-3H3. The number of thiol groups is 1. The smallest absolute Gasteiger partial charge is 0.265 e. The lowest BCUT2D eigenvalue weighted by Gasteiger charge is -2.15. The van der Waals surface area contributed by atoms with Crippen molar-refractivity contribution in [3.05, 3.63) is 47.0 Å². The van der Waals surface area contributed by atoms with Crippen molar-refractivity contribution in [2.24, 2.45) is 0 Å². The predicted molar refractivity (Wildman–Crippen MR) is 86.8 cm³/mol. The molecular weight excluding hydrogens is 306 g/mol. The molecule has 2 N–H and O–H groups in total. The number of hydrogen-bond donors (Lipinski definition) is 3. The summed E-state index contributed by atoms with van der Waals surface area (Å²) < 4.78 is 27.6. The average Bonchev–Trinajstić information content (AvgIpc) is 2.38. The summed E-state index contributed by atoms with van der Waals surface area (Å²) in [6.45, 7) is 5.40. The number of nitrogens with one attached hydrogen (secondary N) is 1. The van der Waals surface area contributed by atoms with Gasteiger partial charge in [0, 0.05) is 4.90 Å². The van der Waals surface area contributed by atoms with Crippen LogP contribution in [0.15, 0.2) is 40.1 Å². The number of sulfonamides is 1. The molecule has 2 aromatic carbocycles. The van der Waals surface area contributed by atoms with E-state index in [2.05, 4.69) is 17.4 Å². The highest BCUT2D eigenvalue weighted by Crippen LogP contribution is 2.33. The molecule has 112 valence electrons. The Morgan fingerprint density at radius 1 is 1.10 bits per heavy atom. The van der Waals surface area contributed by atoms with Gasteiger partial charge in [-0.25, -0.2) is 8.42 Å². The van der Waals surface area contributed by atoms with Gasteiger partial charge in [-0.2, -0.15) is 0 Å². The molecule has 0 amide bonds. The second-order valence-corrected chi connectivity index (χ2v) is 7.14. The maximum atomic E-state index is 12.5. The number of benzene rings is 2. The summed E-state index contributed by atoms with van der Waals surface area (Å²) >= 11 is 4.09. The summed E-state index contributed by atoms with van der Waals surface area (Å²) in [6.07, 6.45) is 0. The van der Waals surface area contributed by atoms with E-state index in [0.29, 0.717) is 11.3 Å². The summed E-state index contributed by atoms with van der Waals surface area (Å²) in [5.41, 5.74) is 2.87. The summed E-state index contributed by atoms with van der Waals surface area (Å²) in [5.74, 6) is -0.345. The van der Waals surface area contributed by atoms with Gasteiger partial charge >= 0.3 is 0 Å². The molecule has 0 radical (unpaired) electrons. The molecule has 0 aliphatic carbocycles. The third-order valence-corrected chi connectivity index (χ3v) is 4.91. The molecule has 0 fully saturated rings. The molecule has 0 saturated carbocycles. The van der Waals surface area contributed by atoms with Crippen molar-refractivity contribution in [2.75, 3.05) is 4.72 Å². The molecule has 0 heterocycles. The van der Waals surface area contributed by atoms with E-state index in [4.69, 9.17) is 0 Å².